The van der Waals surface area contributed by atoms with Gasteiger partial charge in [0.2, 0.25) is 0 Å². The molecule has 0 atom stereocenters. The van der Waals surface area contributed by atoms with Crippen LogP contribution in [-0.4, -0.2) is 24.5 Å². The molecule has 110 valence electrons. The lowest BCUT2D eigenvalue weighted by Crippen LogP contribution is -2.24. The summed E-state index contributed by atoms with van der Waals surface area (Å²) >= 11 is 5.86. The molecule has 20 heavy (non-hydrogen) atoms. The summed E-state index contributed by atoms with van der Waals surface area (Å²) in [6, 6.07) is 7.71. The maximum atomic E-state index is 5.86. The van der Waals surface area contributed by atoms with E-state index in [0.717, 1.165) is 30.2 Å². The summed E-state index contributed by atoms with van der Waals surface area (Å²) in [5, 5.41) is 0.762. The Kier molecular flexibility index (Phi) is 9.20. The monoisotopic (exact) mass is 291 g/mol. The van der Waals surface area contributed by atoms with Crippen LogP contribution < -0.4 is 0 Å². The van der Waals surface area contributed by atoms with E-state index in [0.29, 0.717) is 0 Å². The number of halogens is 1. The first kappa shape index (κ1) is 17.1. The van der Waals surface area contributed by atoms with Gasteiger partial charge in [-0.25, -0.2) is 0 Å². The van der Waals surface area contributed by atoms with Crippen LogP contribution >= 0.6 is 11.6 Å². The van der Waals surface area contributed by atoms with Crippen LogP contribution in [-0.2, 0) is 0 Å². The van der Waals surface area contributed by atoms with Crippen molar-refractivity contribution < 1.29 is 0 Å². The predicted octanol–water partition coefficient (Wildman–Crippen LogP) is 4.98. The first-order valence-electron chi connectivity index (χ1n) is 7.73. The van der Waals surface area contributed by atoms with Crippen molar-refractivity contribution in [1.29, 1.82) is 0 Å². The molecule has 0 N–H and O–H groups in total. The molecule has 0 amide bonds. The van der Waals surface area contributed by atoms with Gasteiger partial charge in [0.25, 0.3) is 0 Å². The lowest BCUT2D eigenvalue weighted by molar-refractivity contribution is 0.314. The molecule has 0 saturated carbocycles. The molecular weight excluding hydrogens is 266 g/mol. The van der Waals surface area contributed by atoms with Crippen molar-refractivity contribution in [1.82, 2.24) is 4.90 Å². The van der Waals surface area contributed by atoms with Crippen molar-refractivity contribution >= 4 is 11.6 Å². The number of nitrogens with zero attached hydrogens (tertiary/aromatic N) is 1. The van der Waals surface area contributed by atoms with Crippen LogP contribution in [0.4, 0.5) is 0 Å². The smallest absolute Gasteiger partial charge is 0.0605 e. The van der Waals surface area contributed by atoms with Crippen molar-refractivity contribution in [3.63, 3.8) is 0 Å². The maximum absolute atomic E-state index is 5.86. The summed E-state index contributed by atoms with van der Waals surface area (Å²) in [4.78, 5) is 2.41. The second-order valence-corrected chi connectivity index (χ2v) is 5.53. The summed E-state index contributed by atoms with van der Waals surface area (Å²) < 4.78 is 0. The van der Waals surface area contributed by atoms with Gasteiger partial charge in [0, 0.05) is 10.6 Å². The Morgan fingerprint density at radius 1 is 1.00 bits per heavy atom. The standard InChI is InChI=1S/C18H26ClN/c1-3-5-6-7-8-15-20(4-2)16-9-10-17-11-13-18(19)14-12-17/h11-14H,3-8,15-16H2,1-2H3. The summed E-state index contributed by atoms with van der Waals surface area (Å²) in [5.74, 6) is 6.45. The number of hydrogen-bond donors (Lipinski definition) is 0. The van der Waals surface area contributed by atoms with E-state index in [4.69, 9.17) is 11.6 Å². The first-order chi connectivity index (χ1) is 9.76. The highest BCUT2D eigenvalue weighted by Crippen LogP contribution is 2.08. The van der Waals surface area contributed by atoms with E-state index in [1.165, 1.54) is 32.1 Å². The highest BCUT2D eigenvalue weighted by molar-refractivity contribution is 6.30. The van der Waals surface area contributed by atoms with Gasteiger partial charge in [-0.05, 0) is 43.8 Å². The Morgan fingerprint density at radius 3 is 2.35 bits per heavy atom. The Balaban J connectivity index is 2.28. The van der Waals surface area contributed by atoms with E-state index >= 15 is 0 Å². The van der Waals surface area contributed by atoms with E-state index in [-0.39, 0.29) is 0 Å². The van der Waals surface area contributed by atoms with Gasteiger partial charge in [-0.15, -0.1) is 0 Å². The fraction of sp³-hybridized carbons (Fsp3) is 0.556. The Hall–Kier alpha value is -0.970. The largest absolute Gasteiger partial charge is 0.293 e. The average molecular weight is 292 g/mol. The van der Waals surface area contributed by atoms with Crippen molar-refractivity contribution in [3.05, 3.63) is 34.9 Å². The van der Waals surface area contributed by atoms with E-state index in [1.54, 1.807) is 0 Å². The third kappa shape index (κ3) is 7.58. The number of benzene rings is 1. The van der Waals surface area contributed by atoms with E-state index in [2.05, 4.69) is 30.6 Å². The van der Waals surface area contributed by atoms with Crippen molar-refractivity contribution in [2.75, 3.05) is 19.6 Å². The highest BCUT2D eigenvalue weighted by Gasteiger charge is 1.99. The zero-order valence-electron chi connectivity index (χ0n) is 12.8. The van der Waals surface area contributed by atoms with E-state index in [9.17, 15) is 0 Å². The van der Waals surface area contributed by atoms with Gasteiger partial charge in [-0.2, -0.15) is 0 Å². The molecule has 1 rings (SSSR count). The third-order valence-corrected chi connectivity index (χ3v) is 3.66. The molecular formula is C18H26ClN. The molecule has 0 unspecified atom stereocenters. The highest BCUT2D eigenvalue weighted by atomic mass is 35.5. The Morgan fingerprint density at radius 2 is 1.70 bits per heavy atom. The Labute approximate surface area is 129 Å². The van der Waals surface area contributed by atoms with Gasteiger partial charge in [0.1, 0.15) is 0 Å². The molecule has 0 saturated heterocycles. The van der Waals surface area contributed by atoms with Crippen LogP contribution in [0, 0.1) is 11.8 Å². The zero-order chi connectivity index (χ0) is 14.6. The van der Waals surface area contributed by atoms with Crippen LogP contribution in [0.1, 0.15) is 51.5 Å². The molecule has 2 heteroatoms. The number of hydrogen-bond acceptors (Lipinski definition) is 1. The molecule has 1 aromatic rings. The molecule has 0 aliphatic heterocycles. The number of rotatable bonds is 8. The van der Waals surface area contributed by atoms with Crippen LogP contribution in [0.5, 0.6) is 0 Å². The molecule has 0 aromatic heterocycles. The summed E-state index contributed by atoms with van der Waals surface area (Å²) in [6.07, 6.45) is 6.67. The van der Waals surface area contributed by atoms with Crippen LogP contribution in [0.25, 0.3) is 0 Å². The Bertz CT molecular complexity index is 413. The normalized spacial score (nSPS) is 10.4. The van der Waals surface area contributed by atoms with Crippen molar-refractivity contribution in [2.45, 2.75) is 46.0 Å². The molecule has 0 radical (unpaired) electrons. The predicted molar refractivity (Wildman–Crippen MR) is 89.2 cm³/mol. The summed E-state index contributed by atoms with van der Waals surface area (Å²) in [5.41, 5.74) is 1.04. The topological polar surface area (TPSA) is 3.24 Å². The van der Waals surface area contributed by atoms with Gasteiger partial charge in [-0.3, -0.25) is 4.90 Å². The first-order valence-corrected chi connectivity index (χ1v) is 8.10. The summed E-state index contributed by atoms with van der Waals surface area (Å²) in [7, 11) is 0. The molecule has 1 nitrogen and oxygen atoms in total. The van der Waals surface area contributed by atoms with Crippen LogP contribution in [0.15, 0.2) is 24.3 Å². The fourth-order valence-electron chi connectivity index (χ4n) is 2.07. The minimum Gasteiger partial charge on any atom is -0.293 e. The molecule has 0 fully saturated rings. The van der Waals surface area contributed by atoms with Gasteiger partial charge < -0.3 is 0 Å². The molecule has 1 aromatic carbocycles. The van der Waals surface area contributed by atoms with E-state index in [1.807, 2.05) is 24.3 Å². The maximum Gasteiger partial charge on any atom is 0.0605 e. The van der Waals surface area contributed by atoms with Gasteiger partial charge in [0.05, 0.1) is 6.54 Å². The fourth-order valence-corrected chi connectivity index (χ4v) is 2.20. The molecule has 0 aliphatic rings. The summed E-state index contributed by atoms with van der Waals surface area (Å²) in [6.45, 7) is 7.55. The lowest BCUT2D eigenvalue weighted by Gasteiger charge is -2.16. The van der Waals surface area contributed by atoms with Gasteiger partial charge >= 0.3 is 0 Å². The van der Waals surface area contributed by atoms with Gasteiger partial charge in [-0.1, -0.05) is 63.0 Å². The molecule has 0 bridgehead atoms. The lowest BCUT2D eigenvalue weighted by atomic mass is 10.1. The molecule has 0 aliphatic carbocycles. The average Bonchev–Trinajstić information content (AvgIpc) is 2.47. The van der Waals surface area contributed by atoms with Crippen molar-refractivity contribution in [3.8, 4) is 11.8 Å². The molecule has 0 spiro atoms. The quantitative estimate of drug-likeness (QED) is 0.482. The third-order valence-electron chi connectivity index (χ3n) is 3.40. The zero-order valence-corrected chi connectivity index (χ0v) is 13.5. The number of unbranched alkanes of at least 4 members (excludes halogenated alkanes) is 4. The van der Waals surface area contributed by atoms with Crippen LogP contribution in [0.2, 0.25) is 5.02 Å². The SMILES string of the molecule is CCCCCCCN(CC)CC#Cc1ccc(Cl)cc1. The van der Waals surface area contributed by atoms with Crippen LogP contribution in [0.3, 0.4) is 0 Å². The minimum atomic E-state index is 0.762. The van der Waals surface area contributed by atoms with Gasteiger partial charge in [0.15, 0.2) is 0 Å². The van der Waals surface area contributed by atoms with E-state index < -0.39 is 0 Å². The second-order valence-electron chi connectivity index (χ2n) is 5.09. The molecule has 0 heterocycles. The van der Waals surface area contributed by atoms with Crippen molar-refractivity contribution in [2.24, 2.45) is 0 Å². The second kappa shape index (κ2) is 10.8. The minimum absolute atomic E-state index is 0.762.